The molecule has 0 radical (unpaired) electrons. The minimum absolute atomic E-state index is 0.0736. The molecule has 1 aromatic carbocycles. The predicted octanol–water partition coefficient (Wildman–Crippen LogP) is 4.29. The van der Waals surface area contributed by atoms with Crippen LogP contribution < -0.4 is 10.5 Å². The molecule has 1 heterocycles. The number of hydrogen-bond acceptors (Lipinski definition) is 4. The van der Waals surface area contributed by atoms with Crippen LogP contribution in [0.5, 0.6) is 5.75 Å². The Morgan fingerprint density at radius 1 is 1.20 bits per heavy atom. The Kier molecular flexibility index (Phi) is 3.94. The van der Waals surface area contributed by atoms with E-state index in [0.717, 1.165) is 10.6 Å². The number of aromatic nitrogens is 1. The van der Waals surface area contributed by atoms with Crippen LogP contribution in [0.3, 0.4) is 0 Å². The average molecular weight is 298 g/mol. The van der Waals surface area contributed by atoms with Crippen molar-refractivity contribution in [1.82, 2.24) is 4.98 Å². The van der Waals surface area contributed by atoms with Crippen LogP contribution in [0, 0.1) is 0 Å². The summed E-state index contributed by atoms with van der Waals surface area (Å²) in [6, 6.07) is 6.32. The Labute approximate surface area is 120 Å². The highest BCUT2D eigenvalue weighted by molar-refractivity contribution is 7.16. The van der Waals surface area contributed by atoms with E-state index in [1.165, 1.54) is 23.5 Å². The van der Waals surface area contributed by atoms with Gasteiger partial charge in [-0.15, -0.1) is 11.3 Å². The molecule has 2 rings (SSSR count). The highest BCUT2D eigenvalue weighted by Crippen LogP contribution is 2.36. The summed E-state index contributed by atoms with van der Waals surface area (Å²) >= 11 is 1.45. The van der Waals surface area contributed by atoms with Crippen molar-refractivity contribution < 1.29 is 13.5 Å². The third-order valence-electron chi connectivity index (χ3n) is 2.65. The maximum atomic E-state index is 12.1. The zero-order valence-electron chi connectivity index (χ0n) is 11.5. The van der Waals surface area contributed by atoms with E-state index in [1.807, 2.05) is 0 Å². The molecule has 0 bridgehead atoms. The Balaban J connectivity index is 2.30. The second kappa shape index (κ2) is 5.36. The van der Waals surface area contributed by atoms with E-state index in [9.17, 15) is 8.78 Å². The molecule has 0 saturated carbocycles. The van der Waals surface area contributed by atoms with Crippen molar-refractivity contribution in [1.29, 1.82) is 0 Å². The monoisotopic (exact) mass is 298 g/mol. The number of halogens is 2. The molecule has 0 aliphatic heterocycles. The van der Waals surface area contributed by atoms with E-state index in [2.05, 4.69) is 30.5 Å². The van der Waals surface area contributed by atoms with Gasteiger partial charge in [0.15, 0.2) is 0 Å². The lowest BCUT2D eigenvalue weighted by atomic mass is 9.98. The molecule has 20 heavy (non-hydrogen) atoms. The number of nitrogens with zero attached hydrogens (tertiary/aromatic N) is 1. The molecule has 6 heteroatoms. The third-order valence-corrected chi connectivity index (χ3v) is 3.96. The number of benzene rings is 1. The summed E-state index contributed by atoms with van der Waals surface area (Å²) in [5, 5.41) is 1.57. The molecule has 3 nitrogen and oxygen atoms in total. The first-order chi connectivity index (χ1) is 9.27. The molecule has 0 atom stereocenters. The maximum absolute atomic E-state index is 12.1. The smallest absolute Gasteiger partial charge is 0.387 e. The summed E-state index contributed by atoms with van der Waals surface area (Å²) in [5.74, 6) is 0.119. The van der Waals surface area contributed by atoms with Crippen LogP contribution in [-0.4, -0.2) is 11.6 Å². The van der Waals surface area contributed by atoms with E-state index >= 15 is 0 Å². The van der Waals surface area contributed by atoms with Gasteiger partial charge in [-0.3, -0.25) is 0 Å². The van der Waals surface area contributed by atoms with Crippen LogP contribution in [0.25, 0.3) is 11.3 Å². The summed E-state index contributed by atoms with van der Waals surface area (Å²) < 4.78 is 28.5. The number of hydrogen-bond donors (Lipinski definition) is 1. The first kappa shape index (κ1) is 14.7. The van der Waals surface area contributed by atoms with Gasteiger partial charge in [0.2, 0.25) is 0 Å². The number of ether oxygens (including phenoxy) is 1. The van der Waals surface area contributed by atoms with Crippen LogP contribution in [0.1, 0.15) is 25.8 Å². The molecular weight excluding hydrogens is 282 g/mol. The molecule has 2 aromatic rings. The van der Waals surface area contributed by atoms with Crippen LogP contribution in [0.15, 0.2) is 24.3 Å². The number of anilines is 1. The van der Waals surface area contributed by atoms with E-state index in [1.54, 1.807) is 12.1 Å². The number of thiazole rings is 1. The second-order valence-corrected chi connectivity index (χ2v) is 6.42. The average Bonchev–Trinajstić information content (AvgIpc) is 2.71. The molecule has 0 spiro atoms. The Hall–Kier alpha value is -1.69. The van der Waals surface area contributed by atoms with Crippen molar-refractivity contribution in [2.24, 2.45) is 0 Å². The quantitative estimate of drug-likeness (QED) is 0.919. The SMILES string of the molecule is CC(C)(C)c1nc(-c2ccc(OC(F)F)cc2)c(N)s1. The van der Waals surface area contributed by atoms with Gasteiger partial charge in [-0.25, -0.2) is 4.98 Å². The van der Waals surface area contributed by atoms with Gasteiger partial charge in [-0.1, -0.05) is 20.8 Å². The van der Waals surface area contributed by atoms with Crippen molar-refractivity contribution in [3.05, 3.63) is 29.3 Å². The highest BCUT2D eigenvalue weighted by atomic mass is 32.1. The Bertz CT molecular complexity index is 588. The Morgan fingerprint density at radius 3 is 2.25 bits per heavy atom. The highest BCUT2D eigenvalue weighted by Gasteiger charge is 2.21. The van der Waals surface area contributed by atoms with E-state index in [0.29, 0.717) is 10.7 Å². The predicted molar refractivity (Wildman–Crippen MR) is 77.3 cm³/mol. The summed E-state index contributed by atoms with van der Waals surface area (Å²) in [6.45, 7) is 3.37. The second-order valence-electron chi connectivity index (χ2n) is 5.38. The van der Waals surface area contributed by atoms with Gasteiger partial charge in [0.1, 0.15) is 21.5 Å². The van der Waals surface area contributed by atoms with E-state index < -0.39 is 6.61 Å². The molecule has 2 N–H and O–H groups in total. The zero-order chi connectivity index (χ0) is 14.9. The minimum atomic E-state index is -2.82. The fourth-order valence-electron chi connectivity index (χ4n) is 1.65. The lowest BCUT2D eigenvalue weighted by molar-refractivity contribution is -0.0498. The minimum Gasteiger partial charge on any atom is -0.435 e. The third kappa shape index (κ3) is 3.25. The molecule has 0 aliphatic carbocycles. The summed E-state index contributed by atoms with van der Waals surface area (Å²) in [6.07, 6.45) is 0. The van der Waals surface area contributed by atoms with Gasteiger partial charge in [-0.2, -0.15) is 8.78 Å². The molecule has 0 fully saturated rings. The van der Waals surface area contributed by atoms with Crippen LogP contribution in [0.4, 0.5) is 13.8 Å². The Morgan fingerprint density at radius 2 is 1.80 bits per heavy atom. The summed E-state index contributed by atoms with van der Waals surface area (Å²) in [5.41, 5.74) is 7.39. The molecule has 0 aliphatic rings. The van der Waals surface area contributed by atoms with Gasteiger partial charge in [0.05, 0.1) is 0 Å². The van der Waals surface area contributed by atoms with Crippen LogP contribution in [0.2, 0.25) is 0 Å². The van der Waals surface area contributed by atoms with Gasteiger partial charge in [0, 0.05) is 11.0 Å². The molecule has 108 valence electrons. The fraction of sp³-hybridized carbons (Fsp3) is 0.357. The molecular formula is C14H16F2N2OS. The first-order valence-corrected chi connectivity index (χ1v) is 6.91. The maximum Gasteiger partial charge on any atom is 0.387 e. The molecule has 0 unspecified atom stereocenters. The summed E-state index contributed by atoms with van der Waals surface area (Å²) in [7, 11) is 0. The molecule has 0 amide bonds. The van der Waals surface area contributed by atoms with Crippen molar-refractivity contribution >= 4 is 16.3 Å². The molecule has 0 saturated heterocycles. The largest absolute Gasteiger partial charge is 0.435 e. The van der Waals surface area contributed by atoms with Crippen molar-refractivity contribution in [3.63, 3.8) is 0 Å². The lowest BCUT2D eigenvalue weighted by Gasteiger charge is -2.13. The number of nitrogen functional groups attached to an aromatic ring is 1. The number of alkyl halides is 2. The van der Waals surface area contributed by atoms with Gasteiger partial charge in [-0.05, 0) is 24.3 Å². The van der Waals surface area contributed by atoms with Crippen LogP contribution >= 0.6 is 11.3 Å². The van der Waals surface area contributed by atoms with Crippen molar-refractivity contribution in [2.75, 3.05) is 5.73 Å². The van der Waals surface area contributed by atoms with Crippen LogP contribution in [-0.2, 0) is 5.41 Å². The van der Waals surface area contributed by atoms with Crippen molar-refractivity contribution in [2.45, 2.75) is 32.8 Å². The van der Waals surface area contributed by atoms with E-state index in [-0.39, 0.29) is 11.2 Å². The molecule has 1 aromatic heterocycles. The first-order valence-electron chi connectivity index (χ1n) is 6.09. The van der Waals surface area contributed by atoms with Crippen molar-refractivity contribution in [3.8, 4) is 17.0 Å². The normalized spacial score (nSPS) is 11.9. The topological polar surface area (TPSA) is 48.1 Å². The standard InChI is InChI=1S/C14H16F2N2OS/c1-14(2,3)12-18-10(11(17)20-12)8-4-6-9(7-5-8)19-13(15)16/h4-7,13H,17H2,1-3H3. The fourth-order valence-corrected chi connectivity index (χ4v) is 2.57. The van der Waals surface area contributed by atoms with Gasteiger partial charge >= 0.3 is 6.61 Å². The zero-order valence-corrected chi connectivity index (χ0v) is 12.3. The number of nitrogens with two attached hydrogens (primary N) is 1. The van der Waals surface area contributed by atoms with Gasteiger partial charge in [0.25, 0.3) is 0 Å². The van der Waals surface area contributed by atoms with Gasteiger partial charge < -0.3 is 10.5 Å². The number of rotatable bonds is 3. The van der Waals surface area contributed by atoms with E-state index in [4.69, 9.17) is 5.73 Å². The summed E-state index contributed by atoms with van der Waals surface area (Å²) in [4.78, 5) is 4.55. The lowest BCUT2D eigenvalue weighted by Crippen LogP contribution is -2.10.